The summed E-state index contributed by atoms with van der Waals surface area (Å²) in [4.78, 5) is 16.6. The van der Waals surface area contributed by atoms with Crippen LogP contribution in [-0.2, 0) is 11.3 Å². The standard InChI is InChI=1S/C16H23FN4O/c1-4-10(3)19-15(22)9-21-14-7-6-11(17)8-13(14)20-16(21)12(18)5-2/h6-8,10,12H,4-5,9,18H2,1-3H3,(H,19,22). The van der Waals surface area contributed by atoms with E-state index in [1.54, 1.807) is 10.6 Å². The number of imidazole rings is 1. The highest BCUT2D eigenvalue weighted by atomic mass is 19.1. The molecule has 0 fully saturated rings. The van der Waals surface area contributed by atoms with Gasteiger partial charge in [0.1, 0.15) is 18.2 Å². The van der Waals surface area contributed by atoms with Gasteiger partial charge in [0.15, 0.2) is 0 Å². The van der Waals surface area contributed by atoms with Crippen molar-refractivity contribution in [3.63, 3.8) is 0 Å². The highest BCUT2D eigenvalue weighted by Crippen LogP contribution is 2.22. The van der Waals surface area contributed by atoms with Crippen molar-refractivity contribution in [2.24, 2.45) is 5.73 Å². The average molecular weight is 306 g/mol. The smallest absolute Gasteiger partial charge is 0.240 e. The Bertz CT molecular complexity index is 667. The van der Waals surface area contributed by atoms with Gasteiger partial charge in [-0.2, -0.15) is 0 Å². The van der Waals surface area contributed by atoms with E-state index in [4.69, 9.17) is 5.73 Å². The molecule has 1 amide bonds. The zero-order chi connectivity index (χ0) is 16.3. The minimum Gasteiger partial charge on any atom is -0.352 e. The molecule has 0 aliphatic heterocycles. The first-order valence-electron chi connectivity index (χ1n) is 7.66. The maximum Gasteiger partial charge on any atom is 0.240 e. The van der Waals surface area contributed by atoms with Gasteiger partial charge in [-0.05, 0) is 31.9 Å². The van der Waals surface area contributed by atoms with Crippen LogP contribution >= 0.6 is 0 Å². The molecular formula is C16H23FN4O. The number of fused-ring (bicyclic) bond motifs is 1. The third-order valence-corrected chi connectivity index (χ3v) is 3.83. The molecule has 2 rings (SSSR count). The summed E-state index contributed by atoms with van der Waals surface area (Å²) in [6.45, 7) is 6.06. The first kappa shape index (κ1) is 16.4. The largest absolute Gasteiger partial charge is 0.352 e. The number of carbonyl (C=O) groups is 1. The fourth-order valence-corrected chi connectivity index (χ4v) is 2.32. The summed E-state index contributed by atoms with van der Waals surface area (Å²) < 4.78 is 15.2. The number of hydrogen-bond acceptors (Lipinski definition) is 3. The summed E-state index contributed by atoms with van der Waals surface area (Å²) in [5.41, 5.74) is 7.34. The van der Waals surface area contributed by atoms with Crippen LogP contribution in [0.3, 0.4) is 0 Å². The molecule has 2 atom stereocenters. The topological polar surface area (TPSA) is 72.9 Å². The lowest BCUT2D eigenvalue weighted by atomic mass is 10.2. The summed E-state index contributed by atoms with van der Waals surface area (Å²) in [7, 11) is 0. The molecule has 0 radical (unpaired) electrons. The molecule has 0 bridgehead atoms. The molecule has 0 aliphatic carbocycles. The van der Waals surface area contributed by atoms with Gasteiger partial charge in [0.2, 0.25) is 5.91 Å². The van der Waals surface area contributed by atoms with Crippen LogP contribution in [0, 0.1) is 5.82 Å². The molecule has 2 unspecified atom stereocenters. The van der Waals surface area contributed by atoms with Crippen molar-refractivity contribution < 1.29 is 9.18 Å². The predicted octanol–water partition coefficient (Wildman–Crippen LogP) is 2.50. The van der Waals surface area contributed by atoms with E-state index in [1.807, 2.05) is 20.8 Å². The van der Waals surface area contributed by atoms with Gasteiger partial charge >= 0.3 is 0 Å². The second kappa shape index (κ2) is 6.87. The number of aromatic nitrogens is 2. The van der Waals surface area contributed by atoms with Crippen LogP contribution in [0.25, 0.3) is 11.0 Å². The Kier molecular flexibility index (Phi) is 5.13. The van der Waals surface area contributed by atoms with Crippen molar-refractivity contribution in [1.29, 1.82) is 0 Å². The van der Waals surface area contributed by atoms with Gasteiger partial charge in [0, 0.05) is 12.1 Å². The Labute approximate surface area is 129 Å². The minimum atomic E-state index is -0.349. The number of benzene rings is 1. The number of carbonyl (C=O) groups excluding carboxylic acids is 1. The average Bonchev–Trinajstić information content (AvgIpc) is 2.83. The van der Waals surface area contributed by atoms with Gasteiger partial charge < -0.3 is 15.6 Å². The molecule has 5 nitrogen and oxygen atoms in total. The molecule has 0 saturated heterocycles. The molecular weight excluding hydrogens is 283 g/mol. The lowest BCUT2D eigenvalue weighted by molar-refractivity contribution is -0.122. The van der Waals surface area contributed by atoms with E-state index in [-0.39, 0.29) is 30.4 Å². The number of hydrogen-bond donors (Lipinski definition) is 2. The van der Waals surface area contributed by atoms with E-state index >= 15 is 0 Å². The van der Waals surface area contributed by atoms with Crippen molar-refractivity contribution >= 4 is 16.9 Å². The summed E-state index contributed by atoms with van der Waals surface area (Å²) >= 11 is 0. The van der Waals surface area contributed by atoms with Crippen LogP contribution in [-0.4, -0.2) is 21.5 Å². The SMILES string of the molecule is CCC(C)NC(=O)Cn1c(C(N)CC)nc2cc(F)ccc21. The van der Waals surface area contributed by atoms with Crippen LogP contribution in [0.4, 0.5) is 4.39 Å². The highest BCUT2D eigenvalue weighted by Gasteiger charge is 2.18. The molecule has 1 heterocycles. The van der Waals surface area contributed by atoms with Crippen LogP contribution in [0.15, 0.2) is 18.2 Å². The normalized spacial score (nSPS) is 14.0. The fraction of sp³-hybridized carbons (Fsp3) is 0.500. The van der Waals surface area contributed by atoms with Crippen molar-refractivity contribution in [3.05, 3.63) is 29.8 Å². The van der Waals surface area contributed by atoms with Crippen LogP contribution in [0.1, 0.15) is 45.5 Å². The van der Waals surface area contributed by atoms with E-state index in [0.29, 0.717) is 17.8 Å². The third kappa shape index (κ3) is 3.44. The number of halogens is 1. The summed E-state index contributed by atoms with van der Waals surface area (Å²) in [5, 5.41) is 2.93. The monoisotopic (exact) mass is 306 g/mol. The lowest BCUT2D eigenvalue weighted by Gasteiger charge is -2.15. The van der Waals surface area contributed by atoms with E-state index in [0.717, 1.165) is 11.9 Å². The first-order chi connectivity index (χ1) is 10.5. The molecule has 6 heteroatoms. The second-order valence-corrected chi connectivity index (χ2v) is 5.58. The zero-order valence-corrected chi connectivity index (χ0v) is 13.3. The third-order valence-electron chi connectivity index (χ3n) is 3.83. The molecule has 0 saturated carbocycles. The molecule has 22 heavy (non-hydrogen) atoms. The fourth-order valence-electron chi connectivity index (χ4n) is 2.32. The van der Waals surface area contributed by atoms with Crippen LogP contribution in [0.5, 0.6) is 0 Å². The maximum absolute atomic E-state index is 13.4. The van der Waals surface area contributed by atoms with Crippen LogP contribution < -0.4 is 11.1 Å². The Balaban J connectivity index is 2.39. The van der Waals surface area contributed by atoms with Gasteiger partial charge in [0.25, 0.3) is 0 Å². The molecule has 0 aliphatic rings. The number of nitrogens with two attached hydrogens (primary N) is 1. The molecule has 1 aromatic carbocycles. The molecule has 2 aromatic rings. The van der Waals surface area contributed by atoms with Gasteiger partial charge in [-0.15, -0.1) is 0 Å². The van der Waals surface area contributed by atoms with Gasteiger partial charge in [0.05, 0.1) is 17.1 Å². The Morgan fingerprint density at radius 3 is 2.77 bits per heavy atom. The van der Waals surface area contributed by atoms with E-state index in [9.17, 15) is 9.18 Å². The van der Waals surface area contributed by atoms with Crippen molar-refractivity contribution in [2.75, 3.05) is 0 Å². The van der Waals surface area contributed by atoms with Crippen LogP contribution in [0.2, 0.25) is 0 Å². The van der Waals surface area contributed by atoms with Gasteiger partial charge in [-0.1, -0.05) is 13.8 Å². The Morgan fingerprint density at radius 1 is 1.41 bits per heavy atom. The number of amides is 1. The van der Waals surface area contributed by atoms with E-state index in [2.05, 4.69) is 10.3 Å². The first-order valence-corrected chi connectivity index (χ1v) is 7.66. The predicted molar refractivity (Wildman–Crippen MR) is 84.8 cm³/mol. The van der Waals surface area contributed by atoms with Crippen molar-refractivity contribution in [1.82, 2.24) is 14.9 Å². The second-order valence-electron chi connectivity index (χ2n) is 5.58. The zero-order valence-electron chi connectivity index (χ0n) is 13.3. The quantitative estimate of drug-likeness (QED) is 0.861. The van der Waals surface area contributed by atoms with Gasteiger partial charge in [-0.3, -0.25) is 4.79 Å². The summed E-state index contributed by atoms with van der Waals surface area (Å²) in [6, 6.07) is 4.20. The van der Waals surface area contributed by atoms with E-state index < -0.39 is 0 Å². The summed E-state index contributed by atoms with van der Waals surface area (Å²) in [5.74, 6) is 0.169. The molecule has 1 aromatic heterocycles. The lowest BCUT2D eigenvalue weighted by Crippen LogP contribution is -2.35. The van der Waals surface area contributed by atoms with Crippen molar-refractivity contribution in [3.8, 4) is 0 Å². The Hall–Kier alpha value is -1.95. The van der Waals surface area contributed by atoms with Crippen molar-refractivity contribution in [2.45, 2.75) is 52.2 Å². The molecule has 3 N–H and O–H groups in total. The Morgan fingerprint density at radius 2 is 2.14 bits per heavy atom. The number of nitrogens with one attached hydrogen (secondary N) is 1. The summed E-state index contributed by atoms with van der Waals surface area (Å²) in [6.07, 6.45) is 1.56. The molecule has 0 spiro atoms. The maximum atomic E-state index is 13.4. The number of nitrogens with zero attached hydrogens (tertiary/aromatic N) is 2. The number of rotatable bonds is 6. The highest BCUT2D eigenvalue weighted by molar-refractivity contribution is 5.81. The van der Waals surface area contributed by atoms with E-state index in [1.165, 1.54) is 12.1 Å². The molecule has 120 valence electrons. The minimum absolute atomic E-state index is 0.0949. The van der Waals surface area contributed by atoms with Gasteiger partial charge in [-0.25, -0.2) is 9.37 Å².